The first kappa shape index (κ1) is 17.7. The van der Waals surface area contributed by atoms with Crippen molar-refractivity contribution in [3.05, 3.63) is 60.6 Å². The van der Waals surface area contributed by atoms with Crippen LogP contribution < -0.4 is 4.74 Å². The molecular formula is C21H19N5O2. The fourth-order valence-electron chi connectivity index (χ4n) is 3.03. The van der Waals surface area contributed by atoms with Crippen LogP contribution in [0.25, 0.3) is 33.4 Å². The molecule has 0 aliphatic rings. The maximum Gasteiger partial charge on any atom is 0.253 e. The van der Waals surface area contributed by atoms with E-state index in [-0.39, 0.29) is 5.91 Å². The molecule has 28 heavy (non-hydrogen) atoms. The Morgan fingerprint density at radius 2 is 1.89 bits per heavy atom. The van der Waals surface area contributed by atoms with Crippen molar-refractivity contribution in [2.75, 3.05) is 21.2 Å². The number of carbonyl (C=O) groups is 1. The Balaban J connectivity index is 1.80. The molecule has 140 valence electrons. The maximum absolute atomic E-state index is 12.3. The number of pyridine rings is 2. The van der Waals surface area contributed by atoms with Gasteiger partial charge >= 0.3 is 0 Å². The summed E-state index contributed by atoms with van der Waals surface area (Å²) in [5.74, 6) is 0.626. The number of benzene rings is 1. The number of carbonyl (C=O) groups excluding carboxylic acids is 1. The topological polar surface area (TPSA) is 84.0 Å². The summed E-state index contributed by atoms with van der Waals surface area (Å²) in [5.41, 5.74) is 4.74. The van der Waals surface area contributed by atoms with Crippen LogP contribution in [-0.2, 0) is 0 Å². The van der Waals surface area contributed by atoms with Crippen LogP contribution in [0, 0.1) is 0 Å². The van der Waals surface area contributed by atoms with E-state index in [4.69, 9.17) is 4.74 Å². The van der Waals surface area contributed by atoms with Gasteiger partial charge in [0.25, 0.3) is 5.91 Å². The molecule has 7 heteroatoms. The van der Waals surface area contributed by atoms with Crippen LogP contribution in [0.15, 0.2) is 55.0 Å². The predicted molar refractivity (Wildman–Crippen MR) is 107 cm³/mol. The Bertz CT molecular complexity index is 1170. The van der Waals surface area contributed by atoms with E-state index in [0.717, 1.165) is 27.8 Å². The molecule has 4 rings (SSSR count). The van der Waals surface area contributed by atoms with Gasteiger partial charge in [-0.05, 0) is 29.8 Å². The molecule has 0 radical (unpaired) electrons. The van der Waals surface area contributed by atoms with Gasteiger partial charge in [0.2, 0.25) is 0 Å². The molecule has 0 bridgehead atoms. The highest BCUT2D eigenvalue weighted by molar-refractivity contribution is 5.96. The minimum atomic E-state index is -0.0395. The zero-order chi connectivity index (χ0) is 19.7. The van der Waals surface area contributed by atoms with Crippen LogP contribution >= 0.6 is 0 Å². The van der Waals surface area contributed by atoms with Crippen molar-refractivity contribution < 1.29 is 9.53 Å². The molecule has 0 saturated carbocycles. The zero-order valence-electron chi connectivity index (χ0n) is 15.8. The first-order valence-electron chi connectivity index (χ1n) is 8.72. The summed E-state index contributed by atoms with van der Waals surface area (Å²) in [6, 6.07) is 11.4. The lowest BCUT2D eigenvalue weighted by atomic mass is 10.0. The van der Waals surface area contributed by atoms with Crippen molar-refractivity contribution in [2.45, 2.75) is 0 Å². The molecule has 4 aromatic rings. The van der Waals surface area contributed by atoms with E-state index < -0.39 is 0 Å². The number of ether oxygens (including phenoxy) is 1. The fraction of sp³-hybridized carbons (Fsp3) is 0.143. The quantitative estimate of drug-likeness (QED) is 0.593. The molecule has 7 nitrogen and oxygen atoms in total. The van der Waals surface area contributed by atoms with Crippen molar-refractivity contribution in [3.63, 3.8) is 0 Å². The van der Waals surface area contributed by atoms with Gasteiger partial charge in [0.15, 0.2) is 5.65 Å². The van der Waals surface area contributed by atoms with Crippen molar-refractivity contribution in [3.8, 4) is 28.1 Å². The van der Waals surface area contributed by atoms with Gasteiger partial charge in [-0.15, -0.1) is 0 Å². The van der Waals surface area contributed by atoms with Crippen molar-refractivity contribution >= 4 is 16.9 Å². The third kappa shape index (κ3) is 3.18. The molecule has 0 unspecified atom stereocenters. The Morgan fingerprint density at radius 3 is 2.68 bits per heavy atom. The molecule has 1 N–H and O–H groups in total. The molecule has 3 aromatic heterocycles. The van der Waals surface area contributed by atoms with Crippen molar-refractivity contribution in [2.24, 2.45) is 0 Å². The molecule has 1 aromatic carbocycles. The second-order valence-electron chi connectivity index (χ2n) is 6.59. The number of hydrogen-bond acceptors (Lipinski definition) is 5. The second-order valence-corrected chi connectivity index (χ2v) is 6.59. The highest BCUT2D eigenvalue weighted by Gasteiger charge is 2.13. The summed E-state index contributed by atoms with van der Waals surface area (Å²) in [6.45, 7) is 0. The van der Waals surface area contributed by atoms with E-state index in [1.54, 1.807) is 44.7 Å². The maximum atomic E-state index is 12.3. The molecule has 0 aliphatic heterocycles. The molecule has 3 heterocycles. The monoisotopic (exact) mass is 373 g/mol. The molecule has 1 amide bonds. The number of aromatic amines is 1. The van der Waals surface area contributed by atoms with Gasteiger partial charge < -0.3 is 9.64 Å². The minimum Gasteiger partial charge on any atom is -0.495 e. The molecular weight excluding hydrogens is 354 g/mol. The average molecular weight is 373 g/mol. The standard InChI is InChI=1S/C21H19N5O2/c1-26(2)21(27)14-6-4-5-13(7-14)15-9-18-19(24-25-20(18)23-11-15)16-8-17(28-3)12-22-10-16/h4-12H,1-3H3,(H,23,24,25). The van der Waals surface area contributed by atoms with E-state index in [2.05, 4.69) is 20.2 Å². The van der Waals surface area contributed by atoms with E-state index in [1.807, 2.05) is 36.4 Å². The number of hydrogen-bond donors (Lipinski definition) is 1. The number of H-pyrrole nitrogens is 1. The summed E-state index contributed by atoms with van der Waals surface area (Å²) in [5, 5.41) is 8.20. The second kappa shape index (κ2) is 7.11. The SMILES string of the molecule is COc1cncc(-c2[nH]nc3ncc(-c4cccc(C(=O)N(C)C)c4)cc23)c1. The molecule has 0 saturated heterocycles. The number of nitrogens with zero attached hydrogens (tertiary/aromatic N) is 4. The molecule has 0 atom stereocenters. The summed E-state index contributed by atoms with van der Waals surface area (Å²) in [6.07, 6.45) is 5.16. The Hall–Kier alpha value is -3.74. The van der Waals surface area contributed by atoms with Crippen LogP contribution in [0.3, 0.4) is 0 Å². The lowest BCUT2D eigenvalue weighted by Gasteiger charge is -2.11. The van der Waals surface area contributed by atoms with Crippen LogP contribution in [0.2, 0.25) is 0 Å². The third-order valence-electron chi connectivity index (χ3n) is 4.50. The van der Waals surface area contributed by atoms with Crippen LogP contribution in [-0.4, -0.2) is 52.2 Å². The van der Waals surface area contributed by atoms with Gasteiger partial charge in [0.1, 0.15) is 5.75 Å². The smallest absolute Gasteiger partial charge is 0.253 e. The van der Waals surface area contributed by atoms with E-state index in [0.29, 0.717) is 17.0 Å². The molecule has 0 fully saturated rings. The largest absolute Gasteiger partial charge is 0.495 e. The lowest BCUT2D eigenvalue weighted by Crippen LogP contribution is -2.21. The Morgan fingerprint density at radius 1 is 1.04 bits per heavy atom. The Kier molecular flexibility index (Phi) is 4.49. The van der Waals surface area contributed by atoms with E-state index in [1.165, 1.54) is 0 Å². The number of amides is 1. The van der Waals surface area contributed by atoms with Crippen LogP contribution in [0.5, 0.6) is 5.75 Å². The van der Waals surface area contributed by atoms with Gasteiger partial charge in [-0.1, -0.05) is 12.1 Å². The van der Waals surface area contributed by atoms with E-state index >= 15 is 0 Å². The molecule has 0 aliphatic carbocycles. The number of aromatic nitrogens is 4. The summed E-state index contributed by atoms with van der Waals surface area (Å²) in [4.78, 5) is 22.5. The normalized spacial score (nSPS) is 10.8. The first-order valence-corrected chi connectivity index (χ1v) is 8.72. The predicted octanol–water partition coefficient (Wildman–Crippen LogP) is 3.40. The number of nitrogens with one attached hydrogen (secondary N) is 1. The molecule has 0 spiro atoms. The van der Waals surface area contributed by atoms with Gasteiger partial charge in [-0.2, -0.15) is 5.10 Å². The van der Waals surface area contributed by atoms with Crippen LogP contribution in [0.1, 0.15) is 10.4 Å². The number of methoxy groups -OCH3 is 1. The highest BCUT2D eigenvalue weighted by atomic mass is 16.5. The van der Waals surface area contributed by atoms with Gasteiger partial charge in [-0.3, -0.25) is 14.9 Å². The van der Waals surface area contributed by atoms with Gasteiger partial charge in [0, 0.05) is 48.6 Å². The first-order chi connectivity index (χ1) is 13.6. The highest BCUT2D eigenvalue weighted by Crippen LogP contribution is 2.30. The van der Waals surface area contributed by atoms with E-state index in [9.17, 15) is 4.79 Å². The van der Waals surface area contributed by atoms with Crippen LogP contribution in [0.4, 0.5) is 0 Å². The average Bonchev–Trinajstić information content (AvgIpc) is 3.16. The van der Waals surface area contributed by atoms with Gasteiger partial charge in [-0.25, -0.2) is 4.98 Å². The fourth-order valence-corrected chi connectivity index (χ4v) is 3.03. The minimum absolute atomic E-state index is 0.0395. The summed E-state index contributed by atoms with van der Waals surface area (Å²) in [7, 11) is 5.08. The van der Waals surface area contributed by atoms with Crippen molar-refractivity contribution in [1.29, 1.82) is 0 Å². The van der Waals surface area contributed by atoms with Gasteiger partial charge in [0.05, 0.1) is 19.0 Å². The number of rotatable bonds is 4. The third-order valence-corrected chi connectivity index (χ3v) is 4.50. The Labute approximate surface area is 162 Å². The zero-order valence-corrected chi connectivity index (χ0v) is 15.8. The summed E-state index contributed by atoms with van der Waals surface area (Å²) >= 11 is 0. The number of fused-ring (bicyclic) bond motifs is 1. The van der Waals surface area contributed by atoms with Crippen molar-refractivity contribution in [1.82, 2.24) is 25.1 Å². The summed E-state index contributed by atoms with van der Waals surface area (Å²) < 4.78 is 5.26. The lowest BCUT2D eigenvalue weighted by molar-refractivity contribution is 0.0827.